The normalized spacial score (nSPS) is 31.0. The molecule has 2 bridgehead atoms. The van der Waals surface area contributed by atoms with Gasteiger partial charge in [0.05, 0.1) is 24.3 Å². The molecule has 0 N–H and O–H groups in total. The second-order valence-electron chi connectivity index (χ2n) is 11.5. The Kier molecular flexibility index (Phi) is 7.02. The lowest BCUT2D eigenvalue weighted by Crippen LogP contribution is -2.52. The van der Waals surface area contributed by atoms with Crippen molar-refractivity contribution >= 4 is 23.6 Å². The zero-order valence-corrected chi connectivity index (χ0v) is 21.5. The van der Waals surface area contributed by atoms with Gasteiger partial charge in [-0.3, -0.25) is 24.2 Å². The molecule has 2 amide bonds. The van der Waals surface area contributed by atoms with Crippen LogP contribution in [0.2, 0.25) is 0 Å². The number of anilines is 1. The number of ether oxygens (including phenoxy) is 1. The van der Waals surface area contributed by atoms with E-state index < -0.39 is 6.10 Å². The lowest BCUT2D eigenvalue weighted by atomic mass is 9.63. The van der Waals surface area contributed by atoms with E-state index in [0.29, 0.717) is 6.54 Å². The van der Waals surface area contributed by atoms with Crippen LogP contribution in [0.5, 0.6) is 0 Å². The van der Waals surface area contributed by atoms with E-state index in [2.05, 4.69) is 26.9 Å². The molecule has 6 aliphatic rings. The number of carbonyl (C=O) groups is 3. The van der Waals surface area contributed by atoms with E-state index in [9.17, 15) is 14.4 Å². The number of esters is 1. The topological polar surface area (TPSA) is 83.1 Å². The molecule has 3 unspecified atom stereocenters. The van der Waals surface area contributed by atoms with Crippen molar-refractivity contribution in [1.82, 2.24) is 14.8 Å². The van der Waals surface area contributed by atoms with Gasteiger partial charge < -0.3 is 9.64 Å². The Morgan fingerprint density at radius 2 is 1.57 bits per heavy atom. The van der Waals surface area contributed by atoms with Crippen molar-refractivity contribution in [2.45, 2.75) is 51.0 Å². The first kappa shape index (κ1) is 24.6. The first-order chi connectivity index (χ1) is 18.1. The van der Waals surface area contributed by atoms with Gasteiger partial charge in [-0.05, 0) is 49.7 Å². The molecule has 8 nitrogen and oxygen atoms in total. The summed E-state index contributed by atoms with van der Waals surface area (Å²) in [7, 11) is 0. The number of likely N-dealkylation sites (tertiary alicyclic amines) is 1. The van der Waals surface area contributed by atoms with Gasteiger partial charge in [0.2, 0.25) is 11.8 Å². The molecule has 2 saturated heterocycles. The molecule has 198 valence electrons. The van der Waals surface area contributed by atoms with Crippen LogP contribution in [0.4, 0.5) is 5.82 Å². The molecule has 0 radical (unpaired) electrons. The summed E-state index contributed by atoms with van der Waals surface area (Å²) in [5, 5.41) is 0. The zero-order valence-electron chi connectivity index (χ0n) is 21.5. The minimum atomic E-state index is -0.505. The Balaban J connectivity index is 1.14. The van der Waals surface area contributed by atoms with Gasteiger partial charge in [-0.1, -0.05) is 37.5 Å². The average Bonchev–Trinajstić information content (AvgIpc) is 3.22. The maximum atomic E-state index is 13.5. The molecular formula is C29H38N4O4. The number of imide groups is 1. The van der Waals surface area contributed by atoms with Gasteiger partial charge in [-0.2, -0.15) is 0 Å². The van der Waals surface area contributed by atoms with Gasteiger partial charge in [0, 0.05) is 38.9 Å². The van der Waals surface area contributed by atoms with Crippen molar-refractivity contribution in [3.8, 4) is 0 Å². The van der Waals surface area contributed by atoms with E-state index in [1.165, 1.54) is 11.3 Å². The SMILES string of the molecule is O=C(OC(CN1CCN(c2ccccn2)CC1)CN1C(=O)[C@@H]2C3C=CC(CC3)[C@@H]2C1=O)C1CCCCC1. The fraction of sp³-hybridized carbons (Fsp3) is 0.655. The van der Waals surface area contributed by atoms with Crippen LogP contribution in [0.15, 0.2) is 36.5 Å². The molecule has 0 aromatic carbocycles. The van der Waals surface area contributed by atoms with E-state index >= 15 is 0 Å². The molecular weight excluding hydrogens is 468 g/mol. The molecule has 1 aromatic rings. The van der Waals surface area contributed by atoms with Crippen LogP contribution in [-0.2, 0) is 19.1 Å². The Morgan fingerprint density at radius 3 is 2.16 bits per heavy atom. The van der Waals surface area contributed by atoms with Crippen LogP contribution in [0.25, 0.3) is 0 Å². The first-order valence-corrected chi connectivity index (χ1v) is 14.2. The lowest BCUT2D eigenvalue weighted by molar-refractivity contribution is -0.160. The number of hydrogen-bond acceptors (Lipinski definition) is 7. The zero-order chi connectivity index (χ0) is 25.4. The highest BCUT2D eigenvalue weighted by Gasteiger charge is 2.56. The number of aromatic nitrogens is 1. The van der Waals surface area contributed by atoms with Crippen molar-refractivity contribution in [3.63, 3.8) is 0 Å². The summed E-state index contributed by atoms with van der Waals surface area (Å²) in [5.74, 6) is 0.501. The molecule has 4 fully saturated rings. The monoisotopic (exact) mass is 506 g/mol. The number of rotatable bonds is 7. The Hall–Kier alpha value is -2.74. The predicted molar refractivity (Wildman–Crippen MR) is 138 cm³/mol. The van der Waals surface area contributed by atoms with Crippen molar-refractivity contribution < 1.29 is 19.1 Å². The third kappa shape index (κ3) is 4.92. The number of pyridine rings is 1. The average molecular weight is 507 g/mol. The smallest absolute Gasteiger partial charge is 0.309 e. The largest absolute Gasteiger partial charge is 0.459 e. The van der Waals surface area contributed by atoms with E-state index in [1.54, 1.807) is 0 Å². The molecule has 2 saturated carbocycles. The molecule has 3 heterocycles. The summed E-state index contributed by atoms with van der Waals surface area (Å²) in [6, 6.07) is 5.94. The highest BCUT2D eigenvalue weighted by Crippen LogP contribution is 2.49. The number of fused-ring (bicyclic) bond motifs is 1. The first-order valence-electron chi connectivity index (χ1n) is 14.2. The van der Waals surface area contributed by atoms with Gasteiger partial charge in [0.15, 0.2) is 0 Å². The van der Waals surface area contributed by atoms with Gasteiger partial charge >= 0.3 is 5.97 Å². The van der Waals surface area contributed by atoms with Gasteiger partial charge in [0.25, 0.3) is 0 Å². The quantitative estimate of drug-likeness (QED) is 0.319. The summed E-state index contributed by atoms with van der Waals surface area (Å²) in [6.07, 6.45) is 12.6. The maximum Gasteiger partial charge on any atom is 0.309 e. The molecule has 0 spiro atoms. The van der Waals surface area contributed by atoms with Crippen LogP contribution in [0.3, 0.4) is 0 Å². The second kappa shape index (κ2) is 10.6. The summed E-state index contributed by atoms with van der Waals surface area (Å²) in [4.78, 5) is 50.5. The number of nitrogens with zero attached hydrogens (tertiary/aromatic N) is 4. The Labute approximate surface area is 219 Å². The van der Waals surface area contributed by atoms with E-state index in [-0.39, 0.29) is 53.9 Å². The van der Waals surface area contributed by atoms with Crippen LogP contribution < -0.4 is 4.90 Å². The molecule has 5 atom stereocenters. The molecule has 1 aromatic heterocycles. The number of allylic oxidation sites excluding steroid dienone is 2. The third-order valence-electron chi connectivity index (χ3n) is 9.27. The Bertz CT molecular complexity index is 1000. The van der Waals surface area contributed by atoms with E-state index in [0.717, 1.165) is 70.5 Å². The molecule has 4 aliphatic carbocycles. The second-order valence-corrected chi connectivity index (χ2v) is 11.5. The number of carbonyl (C=O) groups excluding carboxylic acids is 3. The minimum Gasteiger partial charge on any atom is -0.459 e. The summed E-state index contributed by atoms with van der Waals surface area (Å²) in [5.41, 5.74) is 0. The molecule has 37 heavy (non-hydrogen) atoms. The van der Waals surface area contributed by atoms with Crippen LogP contribution in [0, 0.1) is 29.6 Å². The molecule has 2 aliphatic heterocycles. The van der Waals surface area contributed by atoms with Crippen LogP contribution in [-0.4, -0.2) is 77.9 Å². The number of amides is 2. The van der Waals surface area contributed by atoms with E-state index in [1.807, 2.05) is 24.4 Å². The number of hydrogen-bond donors (Lipinski definition) is 0. The summed E-state index contributed by atoms with van der Waals surface area (Å²) >= 11 is 0. The third-order valence-corrected chi connectivity index (χ3v) is 9.27. The highest BCUT2D eigenvalue weighted by molar-refractivity contribution is 6.06. The summed E-state index contributed by atoms with van der Waals surface area (Å²) in [6.45, 7) is 4.00. The van der Waals surface area contributed by atoms with Crippen molar-refractivity contribution in [1.29, 1.82) is 0 Å². The van der Waals surface area contributed by atoms with Crippen LogP contribution >= 0.6 is 0 Å². The minimum absolute atomic E-state index is 0.0623. The molecule has 7 rings (SSSR count). The lowest BCUT2D eigenvalue weighted by Gasteiger charge is -2.38. The fourth-order valence-corrected chi connectivity index (χ4v) is 7.24. The Morgan fingerprint density at radius 1 is 0.892 bits per heavy atom. The van der Waals surface area contributed by atoms with E-state index in [4.69, 9.17) is 4.74 Å². The summed E-state index contributed by atoms with van der Waals surface area (Å²) < 4.78 is 6.12. The standard InChI is InChI=1S/C29H38N4O4/c34-27-25-20-9-10-21(12-11-20)26(25)28(35)33(27)19-23(37-29(36)22-6-2-1-3-7-22)18-31-14-16-32(17-15-31)24-8-4-5-13-30-24/h4-5,8-10,13,20-23,25-26H,1-3,6-7,11-12,14-19H2/t20?,21?,23?,25-,26+. The fourth-order valence-electron chi connectivity index (χ4n) is 7.24. The van der Waals surface area contributed by atoms with Crippen molar-refractivity contribution in [2.75, 3.05) is 44.2 Å². The van der Waals surface area contributed by atoms with Gasteiger partial charge in [-0.25, -0.2) is 4.98 Å². The maximum absolute atomic E-state index is 13.5. The van der Waals surface area contributed by atoms with Crippen molar-refractivity contribution in [3.05, 3.63) is 36.5 Å². The van der Waals surface area contributed by atoms with Gasteiger partial charge in [-0.15, -0.1) is 0 Å². The molecule has 8 heteroatoms. The predicted octanol–water partition coefficient (Wildman–Crippen LogP) is 2.89. The van der Waals surface area contributed by atoms with Crippen molar-refractivity contribution in [2.24, 2.45) is 29.6 Å². The highest BCUT2D eigenvalue weighted by atomic mass is 16.5. The van der Waals surface area contributed by atoms with Gasteiger partial charge in [0.1, 0.15) is 11.9 Å². The number of piperazine rings is 1. The van der Waals surface area contributed by atoms with Crippen LogP contribution in [0.1, 0.15) is 44.9 Å².